The number of carbonyl (C=O) groups excluding carboxylic acids is 1. The normalized spacial score (nSPS) is 25.4. The Bertz CT molecular complexity index is 379. The average molecular weight is 305 g/mol. The van der Waals surface area contributed by atoms with Gasteiger partial charge in [0.15, 0.2) is 0 Å². The van der Waals surface area contributed by atoms with Crippen molar-refractivity contribution in [2.24, 2.45) is 5.41 Å². The summed E-state index contributed by atoms with van der Waals surface area (Å²) in [5, 5.41) is 0. The summed E-state index contributed by atoms with van der Waals surface area (Å²) in [5.41, 5.74) is 0.504. The second kappa shape index (κ2) is 7.35. The van der Waals surface area contributed by atoms with Crippen molar-refractivity contribution in [3.63, 3.8) is 0 Å². The summed E-state index contributed by atoms with van der Waals surface area (Å²) in [4.78, 5) is 16.9. The van der Waals surface area contributed by atoms with Gasteiger partial charge in [-0.2, -0.15) is 0 Å². The van der Waals surface area contributed by atoms with Gasteiger partial charge >= 0.3 is 0 Å². The Morgan fingerprint density at radius 2 is 1.95 bits per heavy atom. The van der Waals surface area contributed by atoms with E-state index in [2.05, 4.69) is 12.2 Å². The third-order valence-corrected chi connectivity index (χ3v) is 6.01. The van der Waals surface area contributed by atoms with Crippen molar-refractivity contribution in [3.05, 3.63) is 0 Å². The van der Waals surface area contributed by atoms with Crippen LogP contribution >= 0.6 is 0 Å². The van der Waals surface area contributed by atoms with Crippen LogP contribution in [0, 0.1) is 5.41 Å². The van der Waals surface area contributed by atoms with Gasteiger partial charge in [-0.1, -0.05) is 19.6 Å². The predicted molar refractivity (Wildman–Crippen MR) is 89.3 cm³/mol. The minimum Gasteiger partial charge on any atom is -0.372 e. The highest BCUT2D eigenvalue weighted by Gasteiger charge is 2.43. The highest BCUT2D eigenvalue weighted by atomic mass is 16.5. The summed E-state index contributed by atoms with van der Waals surface area (Å²) < 4.78 is 5.45. The van der Waals surface area contributed by atoms with Gasteiger partial charge < -0.3 is 9.64 Å². The molecule has 3 rings (SSSR count). The molecule has 3 aliphatic rings. The van der Waals surface area contributed by atoms with Gasteiger partial charge in [-0.3, -0.25) is 9.69 Å². The first-order valence-corrected chi connectivity index (χ1v) is 9.10. The molecule has 0 atom stereocenters. The molecular formula is C17H30BN2O2. The van der Waals surface area contributed by atoms with Crippen molar-refractivity contribution in [2.75, 3.05) is 39.4 Å². The third kappa shape index (κ3) is 3.68. The summed E-state index contributed by atoms with van der Waals surface area (Å²) in [6.07, 6.45) is 8.88. The second-order valence-electron chi connectivity index (χ2n) is 7.44. The lowest BCUT2D eigenvalue weighted by Gasteiger charge is -2.41. The van der Waals surface area contributed by atoms with E-state index in [-0.39, 0.29) is 12.5 Å². The average Bonchev–Trinajstić information content (AvgIpc) is 2.86. The minimum atomic E-state index is 0.180. The van der Waals surface area contributed by atoms with Crippen molar-refractivity contribution in [1.29, 1.82) is 0 Å². The molecule has 0 bridgehead atoms. The Morgan fingerprint density at radius 3 is 2.59 bits per heavy atom. The molecule has 0 unspecified atom stereocenters. The van der Waals surface area contributed by atoms with Crippen LogP contribution in [-0.4, -0.2) is 68.4 Å². The zero-order valence-electron chi connectivity index (χ0n) is 14.1. The molecule has 2 heterocycles. The molecule has 123 valence electrons. The van der Waals surface area contributed by atoms with E-state index >= 15 is 0 Å². The molecule has 1 radical (unpaired) electrons. The Labute approximate surface area is 135 Å². The van der Waals surface area contributed by atoms with E-state index in [1.807, 2.05) is 11.7 Å². The third-order valence-electron chi connectivity index (χ3n) is 6.01. The quantitative estimate of drug-likeness (QED) is 0.556. The number of nitrogens with zero attached hydrogens (tertiary/aromatic N) is 2. The molecule has 0 aromatic heterocycles. The molecule has 1 spiro atoms. The number of hydrogen-bond donors (Lipinski definition) is 0. The van der Waals surface area contributed by atoms with E-state index in [4.69, 9.17) is 4.74 Å². The number of carbonyl (C=O) groups is 1. The number of hydrogen-bond acceptors (Lipinski definition) is 3. The van der Waals surface area contributed by atoms with Crippen LogP contribution in [0.3, 0.4) is 0 Å². The summed E-state index contributed by atoms with van der Waals surface area (Å²) in [6, 6.07) is 0.878. The minimum absolute atomic E-state index is 0.180. The molecule has 0 N–H and O–H groups in total. The lowest BCUT2D eigenvalue weighted by molar-refractivity contribution is -0.138. The molecule has 0 aromatic rings. The molecule has 1 amide bonds. The monoisotopic (exact) mass is 305 g/mol. The molecule has 1 saturated carbocycles. The fourth-order valence-corrected chi connectivity index (χ4v) is 4.12. The molecule has 2 saturated heterocycles. The van der Waals surface area contributed by atoms with Gasteiger partial charge in [-0.05, 0) is 44.1 Å². The van der Waals surface area contributed by atoms with Gasteiger partial charge in [-0.15, -0.1) is 0 Å². The van der Waals surface area contributed by atoms with Gasteiger partial charge in [0, 0.05) is 32.3 Å². The van der Waals surface area contributed by atoms with Gasteiger partial charge in [0.05, 0.1) is 0 Å². The van der Waals surface area contributed by atoms with Crippen molar-refractivity contribution >= 4 is 13.2 Å². The smallest absolute Gasteiger partial charge is 0.248 e. The topological polar surface area (TPSA) is 32.8 Å². The number of piperidine rings is 1. The van der Waals surface area contributed by atoms with Crippen LogP contribution < -0.4 is 0 Å². The largest absolute Gasteiger partial charge is 0.372 e. The zero-order valence-corrected chi connectivity index (χ0v) is 14.1. The van der Waals surface area contributed by atoms with Crippen molar-refractivity contribution in [1.82, 2.24) is 9.80 Å². The van der Waals surface area contributed by atoms with Crippen molar-refractivity contribution in [3.8, 4) is 0 Å². The van der Waals surface area contributed by atoms with Gasteiger partial charge in [0.2, 0.25) is 5.91 Å². The number of ether oxygens (including phenoxy) is 1. The van der Waals surface area contributed by atoms with Crippen LogP contribution in [0.25, 0.3) is 0 Å². The molecule has 4 nitrogen and oxygen atoms in total. The van der Waals surface area contributed by atoms with E-state index < -0.39 is 0 Å². The predicted octanol–water partition coefficient (Wildman–Crippen LogP) is 2.04. The number of amides is 1. The lowest BCUT2D eigenvalue weighted by Crippen LogP contribution is -2.46. The lowest BCUT2D eigenvalue weighted by atomic mass is 9.77. The summed E-state index contributed by atoms with van der Waals surface area (Å²) in [6.45, 7) is 7.37. The van der Waals surface area contributed by atoms with E-state index in [9.17, 15) is 4.79 Å². The SMILES string of the molecule is C[B]CCOCC(=O)N1CCC2(CC1)CCN(C1CCC1)C2. The molecule has 22 heavy (non-hydrogen) atoms. The maximum atomic E-state index is 12.2. The Morgan fingerprint density at radius 1 is 1.23 bits per heavy atom. The Hall–Kier alpha value is -0.545. The van der Waals surface area contributed by atoms with Crippen LogP contribution in [0.15, 0.2) is 0 Å². The van der Waals surface area contributed by atoms with Gasteiger partial charge in [0.1, 0.15) is 13.9 Å². The summed E-state index contributed by atoms with van der Waals surface area (Å²) in [7, 11) is 2.07. The van der Waals surface area contributed by atoms with Crippen LogP contribution in [0.2, 0.25) is 13.1 Å². The first kappa shape index (κ1) is 16.3. The molecule has 2 aliphatic heterocycles. The molecular weight excluding hydrogens is 275 g/mol. The molecule has 0 aromatic carbocycles. The fraction of sp³-hybridized carbons (Fsp3) is 0.941. The first-order chi connectivity index (χ1) is 10.7. The highest BCUT2D eigenvalue weighted by molar-refractivity contribution is 6.33. The zero-order chi connectivity index (χ0) is 15.4. The Balaban J connectivity index is 1.39. The van der Waals surface area contributed by atoms with Crippen LogP contribution in [0.5, 0.6) is 0 Å². The highest BCUT2D eigenvalue weighted by Crippen LogP contribution is 2.43. The van der Waals surface area contributed by atoms with Crippen LogP contribution in [-0.2, 0) is 9.53 Å². The number of rotatable bonds is 6. The van der Waals surface area contributed by atoms with Crippen LogP contribution in [0.1, 0.15) is 38.5 Å². The summed E-state index contributed by atoms with van der Waals surface area (Å²) in [5.74, 6) is 0.180. The maximum absolute atomic E-state index is 12.2. The van der Waals surface area contributed by atoms with Gasteiger partial charge in [0.25, 0.3) is 0 Å². The van der Waals surface area contributed by atoms with E-state index in [1.165, 1.54) is 51.6 Å². The molecule has 5 heteroatoms. The van der Waals surface area contributed by atoms with Crippen LogP contribution in [0.4, 0.5) is 0 Å². The van der Waals surface area contributed by atoms with E-state index in [0.717, 1.165) is 25.5 Å². The molecule has 1 aliphatic carbocycles. The maximum Gasteiger partial charge on any atom is 0.248 e. The molecule has 3 fully saturated rings. The van der Waals surface area contributed by atoms with E-state index in [0.29, 0.717) is 12.0 Å². The summed E-state index contributed by atoms with van der Waals surface area (Å²) >= 11 is 0. The standard InChI is InChI=1S/C17H30BN2O2/c1-18-8-12-22-13-16(21)19-9-5-17(6-10-19)7-11-20(14-17)15-3-2-4-15/h15H,2-14H2,1H3. The van der Waals surface area contributed by atoms with E-state index in [1.54, 1.807) is 0 Å². The Kier molecular flexibility index (Phi) is 5.45. The van der Waals surface area contributed by atoms with Crippen molar-refractivity contribution < 1.29 is 9.53 Å². The van der Waals surface area contributed by atoms with Gasteiger partial charge in [-0.25, -0.2) is 0 Å². The fourth-order valence-electron chi connectivity index (χ4n) is 4.12. The number of likely N-dealkylation sites (tertiary alicyclic amines) is 2. The second-order valence-corrected chi connectivity index (χ2v) is 7.44. The first-order valence-electron chi connectivity index (χ1n) is 9.10. The van der Waals surface area contributed by atoms with Crippen molar-refractivity contribution in [2.45, 2.75) is 57.7 Å².